The van der Waals surface area contributed by atoms with Crippen LogP contribution in [0.2, 0.25) is 5.02 Å². The fourth-order valence-corrected chi connectivity index (χ4v) is 2.54. The molecule has 15 heavy (non-hydrogen) atoms. The molecule has 1 atom stereocenters. The molecule has 0 bridgehead atoms. The fourth-order valence-electron chi connectivity index (χ4n) is 2.27. The molecule has 2 nitrogen and oxygen atoms in total. The summed E-state index contributed by atoms with van der Waals surface area (Å²) in [6.07, 6.45) is 1.13. The van der Waals surface area contributed by atoms with Gasteiger partial charge in [-0.1, -0.05) is 18.5 Å². The minimum absolute atomic E-state index is 0.528. The van der Waals surface area contributed by atoms with E-state index in [9.17, 15) is 0 Å². The minimum Gasteiger partial charge on any atom is -0.379 e. The number of fused-ring (bicyclic) bond motifs is 1. The molecule has 1 N–H and O–H groups in total. The van der Waals surface area contributed by atoms with Crippen LogP contribution < -0.4 is 10.2 Å². The van der Waals surface area contributed by atoms with Gasteiger partial charge in [-0.25, -0.2) is 0 Å². The number of benzene rings is 1. The van der Waals surface area contributed by atoms with Crippen LogP contribution in [0.15, 0.2) is 12.1 Å². The highest BCUT2D eigenvalue weighted by molar-refractivity contribution is 6.31. The third kappa shape index (κ3) is 1.91. The molecular weight excluding hydrogens is 208 g/mol. The maximum Gasteiger partial charge on any atom is 0.0630 e. The van der Waals surface area contributed by atoms with E-state index in [1.807, 2.05) is 12.1 Å². The van der Waals surface area contributed by atoms with Gasteiger partial charge in [0.15, 0.2) is 0 Å². The molecule has 82 valence electrons. The van der Waals surface area contributed by atoms with Gasteiger partial charge in [0, 0.05) is 24.7 Å². The summed E-state index contributed by atoms with van der Waals surface area (Å²) in [6, 6.07) is 4.56. The maximum absolute atomic E-state index is 6.06. The topological polar surface area (TPSA) is 15.3 Å². The summed E-state index contributed by atoms with van der Waals surface area (Å²) < 4.78 is 0. The first kappa shape index (κ1) is 10.6. The van der Waals surface area contributed by atoms with Crippen molar-refractivity contribution in [1.82, 2.24) is 0 Å². The highest BCUT2D eigenvalue weighted by Crippen LogP contribution is 2.36. The second kappa shape index (κ2) is 3.93. The van der Waals surface area contributed by atoms with Gasteiger partial charge in [-0.2, -0.15) is 0 Å². The van der Waals surface area contributed by atoms with E-state index in [1.165, 1.54) is 16.9 Å². The Hall–Kier alpha value is -0.890. The van der Waals surface area contributed by atoms with E-state index >= 15 is 0 Å². The van der Waals surface area contributed by atoms with Crippen LogP contribution >= 0.6 is 11.6 Å². The minimum atomic E-state index is 0.528. The predicted octanol–water partition coefficient (Wildman–Crippen LogP) is 3.29. The van der Waals surface area contributed by atoms with E-state index in [0.717, 1.165) is 18.0 Å². The molecule has 0 amide bonds. The average Bonchev–Trinajstić information content (AvgIpc) is 2.15. The Kier molecular flexibility index (Phi) is 2.79. The van der Waals surface area contributed by atoms with Crippen molar-refractivity contribution < 1.29 is 0 Å². The first-order chi connectivity index (χ1) is 7.11. The lowest BCUT2D eigenvalue weighted by atomic mass is 10.1. The molecule has 3 heteroatoms. The van der Waals surface area contributed by atoms with E-state index in [4.69, 9.17) is 11.6 Å². The van der Waals surface area contributed by atoms with Crippen LogP contribution in [-0.2, 0) is 0 Å². The first-order valence-corrected chi connectivity index (χ1v) is 5.77. The van der Waals surface area contributed by atoms with Gasteiger partial charge < -0.3 is 10.2 Å². The summed E-state index contributed by atoms with van der Waals surface area (Å²) in [4.78, 5) is 2.31. The van der Waals surface area contributed by atoms with Gasteiger partial charge in [-0.3, -0.25) is 0 Å². The number of aryl methyl sites for hydroxylation is 1. The van der Waals surface area contributed by atoms with Gasteiger partial charge in [0.1, 0.15) is 0 Å². The summed E-state index contributed by atoms with van der Waals surface area (Å²) in [6.45, 7) is 5.37. The monoisotopic (exact) mass is 224 g/mol. The average molecular weight is 225 g/mol. The van der Waals surface area contributed by atoms with Crippen LogP contribution in [0.25, 0.3) is 0 Å². The molecule has 1 aromatic rings. The highest BCUT2D eigenvalue weighted by atomic mass is 35.5. The zero-order valence-corrected chi connectivity index (χ0v) is 10.2. The molecular formula is C12H17ClN2. The first-order valence-electron chi connectivity index (χ1n) is 5.39. The molecule has 0 aliphatic carbocycles. The number of nitrogens with zero attached hydrogens (tertiary/aromatic N) is 1. The number of likely N-dealkylation sites (N-methyl/N-ethyl adjacent to an activating group) is 1. The Morgan fingerprint density at radius 1 is 1.53 bits per heavy atom. The van der Waals surface area contributed by atoms with E-state index in [1.54, 1.807) is 0 Å². The van der Waals surface area contributed by atoms with Crippen LogP contribution in [0.1, 0.15) is 18.9 Å². The molecule has 0 radical (unpaired) electrons. The lowest BCUT2D eigenvalue weighted by Crippen LogP contribution is -2.39. The zero-order valence-electron chi connectivity index (χ0n) is 9.47. The smallest absolute Gasteiger partial charge is 0.0630 e. The van der Waals surface area contributed by atoms with Crippen molar-refractivity contribution in [2.75, 3.05) is 23.8 Å². The van der Waals surface area contributed by atoms with Gasteiger partial charge in [-0.05, 0) is 31.0 Å². The number of anilines is 2. The lowest BCUT2D eigenvalue weighted by Gasteiger charge is -2.35. The molecule has 0 fully saturated rings. The van der Waals surface area contributed by atoms with Crippen molar-refractivity contribution in [3.63, 3.8) is 0 Å². The standard InChI is InChI=1S/C12H17ClN2/c1-4-10-7-15(3)12-8(2)5-9(13)6-11(12)14-10/h5-6,10,14H,4,7H2,1-3H3. The summed E-state index contributed by atoms with van der Waals surface area (Å²) in [5.74, 6) is 0. The van der Waals surface area contributed by atoms with E-state index in [0.29, 0.717) is 6.04 Å². The van der Waals surface area contributed by atoms with Crippen LogP contribution in [0.5, 0.6) is 0 Å². The van der Waals surface area contributed by atoms with Crippen molar-refractivity contribution in [3.05, 3.63) is 22.7 Å². The fraction of sp³-hybridized carbons (Fsp3) is 0.500. The van der Waals surface area contributed by atoms with Crippen LogP contribution in [0.3, 0.4) is 0 Å². The summed E-state index contributed by atoms with van der Waals surface area (Å²) >= 11 is 6.06. The Bertz CT molecular complexity index is 376. The van der Waals surface area contributed by atoms with Crippen molar-refractivity contribution in [2.24, 2.45) is 0 Å². The SMILES string of the molecule is CCC1CN(C)c2c(C)cc(Cl)cc2N1. The zero-order chi connectivity index (χ0) is 11.0. The number of hydrogen-bond donors (Lipinski definition) is 1. The van der Waals surface area contributed by atoms with Gasteiger partial charge in [0.25, 0.3) is 0 Å². The number of hydrogen-bond acceptors (Lipinski definition) is 2. The van der Waals surface area contributed by atoms with Crippen LogP contribution in [-0.4, -0.2) is 19.6 Å². The molecule has 1 unspecified atom stereocenters. The molecule has 1 heterocycles. The lowest BCUT2D eigenvalue weighted by molar-refractivity contribution is 0.661. The molecule has 0 saturated carbocycles. The van der Waals surface area contributed by atoms with Crippen molar-refractivity contribution >= 4 is 23.0 Å². The van der Waals surface area contributed by atoms with Gasteiger partial charge >= 0.3 is 0 Å². The van der Waals surface area contributed by atoms with Gasteiger partial charge in [0.05, 0.1) is 11.4 Å². The van der Waals surface area contributed by atoms with Gasteiger partial charge in [0.2, 0.25) is 0 Å². The van der Waals surface area contributed by atoms with Gasteiger partial charge in [-0.15, -0.1) is 0 Å². The highest BCUT2D eigenvalue weighted by Gasteiger charge is 2.21. The van der Waals surface area contributed by atoms with Crippen LogP contribution in [0, 0.1) is 6.92 Å². The molecule has 2 rings (SSSR count). The number of rotatable bonds is 1. The number of halogens is 1. The molecule has 0 aromatic heterocycles. The van der Waals surface area contributed by atoms with E-state index in [-0.39, 0.29) is 0 Å². The normalized spacial score (nSPS) is 19.7. The third-order valence-electron chi connectivity index (χ3n) is 2.99. The quantitative estimate of drug-likeness (QED) is 0.788. The molecule has 1 aromatic carbocycles. The molecule has 1 aliphatic rings. The largest absolute Gasteiger partial charge is 0.379 e. The van der Waals surface area contributed by atoms with E-state index < -0.39 is 0 Å². The Labute approximate surface area is 96.2 Å². The second-order valence-corrected chi connectivity index (χ2v) is 4.69. The van der Waals surface area contributed by atoms with E-state index in [2.05, 4.69) is 31.1 Å². The molecule has 1 aliphatic heterocycles. The number of nitrogens with one attached hydrogen (secondary N) is 1. The molecule has 0 saturated heterocycles. The Balaban J connectivity index is 2.45. The maximum atomic E-state index is 6.06. The summed E-state index contributed by atoms with van der Waals surface area (Å²) in [7, 11) is 2.14. The summed E-state index contributed by atoms with van der Waals surface area (Å²) in [5, 5.41) is 4.34. The summed E-state index contributed by atoms with van der Waals surface area (Å²) in [5.41, 5.74) is 3.69. The third-order valence-corrected chi connectivity index (χ3v) is 3.21. The Morgan fingerprint density at radius 3 is 2.93 bits per heavy atom. The second-order valence-electron chi connectivity index (χ2n) is 4.25. The Morgan fingerprint density at radius 2 is 2.27 bits per heavy atom. The van der Waals surface area contributed by atoms with Crippen molar-refractivity contribution in [3.8, 4) is 0 Å². The van der Waals surface area contributed by atoms with Crippen molar-refractivity contribution in [1.29, 1.82) is 0 Å². The predicted molar refractivity (Wildman–Crippen MR) is 67.2 cm³/mol. The molecule has 0 spiro atoms. The van der Waals surface area contributed by atoms with Crippen molar-refractivity contribution in [2.45, 2.75) is 26.3 Å². The van der Waals surface area contributed by atoms with Crippen LogP contribution in [0.4, 0.5) is 11.4 Å².